The van der Waals surface area contributed by atoms with E-state index in [1.807, 2.05) is 0 Å². The second-order valence-corrected chi connectivity index (χ2v) is 4.33. The fraction of sp³-hybridized carbons (Fsp3) is 0.818. The number of hydrogen-bond donors (Lipinski definition) is 2. The van der Waals surface area contributed by atoms with Gasteiger partial charge in [0.25, 0.3) is 0 Å². The summed E-state index contributed by atoms with van der Waals surface area (Å²) < 4.78 is 0. The molecule has 2 N–H and O–H groups in total. The fourth-order valence-electron chi connectivity index (χ4n) is 1.97. The Labute approximate surface area is 80.3 Å². The lowest BCUT2D eigenvalue weighted by molar-refractivity contribution is -0.101. The van der Waals surface area contributed by atoms with Crippen LogP contribution in [0.3, 0.4) is 0 Å². The maximum absolute atomic E-state index is 10.1. The first-order valence-corrected chi connectivity index (χ1v) is 5.10. The van der Waals surface area contributed by atoms with Crippen molar-refractivity contribution in [1.29, 1.82) is 0 Å². The van der Waals surface area contributed by atoms with Gasteiger partial charge in [-0.2, -0.15) is 0 Å². The predicted molar refractivity (Wildman–Crippen MR) is 53.4 cm³/mol. The summed E-state index contributed by atoms with van der Waals surface area (Å²) in [5.74, 6) is 0.691. The van der Waals surface area contributed by atoms with Gasteiger partial charge in [0.05, 0.1) is 11.7 Å². The standard InChI is InChI=1S/C11H20O2/c1-3-4-10(12)11(13)7-5-9(2)6-8-11/h3,9-10,12-13H,1,4-8H2,2H3. The van der Waals surface area contributed by atoms with Crippen molar-refractivity contribution in [3.05, 3.63) is 12.7 Å². The Morgan fingerprint density at radius 2 is 2.08 bits per heavy atom. The molecule has 0 spiro atoms. The Balaban J connectivity index is 2.50. The van der Waals surface area contributed by atoms with E-state index in [4.69, 9.17) is 0 Å². The van der Waals surface area contributed by atoms with E-state index in [0.29, 0.717) is 12.3 Å². The van der Waals surface area contributed by atoms with Crippen molar-refractivity contribution in [1.82, 2.24) is 0 Å². The smallest absolute Gasteiger partial charge is 0.0908 e. The molecule has 0 amide bonds. The number of aliphatic hydroxyl groups is 2. The zero-order chi connectivity index (χ0) is 9.90. The lowest BCUT2D eigenvalue weighted by atomic mass is 9.76. The largest absolute Gasteiger partial charge is 0.390 e. The van der Waals surface area contributed by atoms with Crippen LogP contribution in [-0.4, -0.2) is 21.9 Å². The monoisotopic (exact) mass is 184 g/mol. The summed E-state index contributed by atoms with van der Waals surface area (Å²) in [6.07, 6.45) is 5.02. The molecule has 0 heterocycles. The molecule has 0 aromatic heterocycles. The molecule has 0 aromatic carbocycles. The highest BCUT2D eigenvalue weighted by molar-refractivity contribution is 4.93. The van der Waals surface area contributed by atoms with Crippen molar-refractivity contribution in [2.75, 3.05) is 0 Å². The second kappa shape index (κ2) is 4.25. The molecule has 1 aliphatic rings. The average molecular weight is 184 g/mol. The van der Waals surface area contributed by atoms with E-state index >= 15 is 0 Å². The molecule has 0 aromatic rings. The van der Waals surface area contributed by atoms with Crippen LogP contribution in [0.25, 0.3) is 0 Å². The predicted octanol–water partition coefficient (Wildman–Crippen LogP) is 1.86. The second-order valence-electron chi connectivity index (χ2n) is 4.33. The molecule has 0 bridgehead atoms. The molecular weight excluding hydrogens is 164 g/mol. The number of rotatable bonds is 3. The first kappa shape index (κ1) is 10.7. The fourth-order valence-corrected chi connectivity index (χ4v) is 1.97. The summed E-state index contributed by atoms with van der Waals surface area (Å²) in [6.45, 7) is 5.76. The maximum atomic E-state index is 10.1. The topological polar surface area (TPSA) is 40.5 Å². The van der Waals surface area contributed by atoms with Gasteiger partial charge in [-0.1, -0.05) is 13.0 Å². The first-order chi connectivity index (χ1) is 6.08. The molecule has 0 radical (unpaired) electrons. The molecule has 1 aliphatic carbocycles. The van der Waals surface area contributed by atoms with Gasteiger partial charge in [-0.15, -0.1) is 6.58 Å². The number of hydrogen-bond acceptors (Lipinski definition) is 2. The summed E-state index contributed by atoms with van der Waals surface area (Å²) in [7, 11) is 0. The Kier molecular flexibility index (Phi) is 3.51. The molecule has 0 saturated heterocycles. The zero-order valence-electron chi connectivity index (χ0n) is 8.37. The first-order valence-electron chi connectivity index (χ1n) is 5.10. The molecule has 1 saturated carbocycles. The quantitative estimate of drug-likeness (QED) is 0.657. The van der Waals surface area contributed by atoms with E-state index in [9.17, 15) is 10.2 Å². The highest BCUT2D eigenvalue weighted by atomic mass is 16.3. The van der Waals surface area contributed by atoms with E-state index in [0.717, 1.165) is 25.7 Å². The SMILES string of the molecule is C=CCC(O)C1(O)CCC(C)CC1. The van der Waals surface area contributed by atoms with Crippen LogP contribution < -0.4 is 0 Å². The molecular formula is C11H20O2. The lowest BCUT2D eigenvalue weighted by Gasteiger charge is -2.38. The van der Waals surface area contributed by atoms with Crippen molar-refractivity contribution < 1.29 is 10.2 Å². The van der Waals surface area contributed by atoms with Crippen LogP contribution in [0.5, 0.6) is 0 Å². The van der Waals surface area contributed by atoms with Gasteiger partial charge in [-0.3, -0.25) is 0 Å². The Hall–Kier alpha value is -0.340. The number of aliphatic hydroxyl groups excluding tert-OH is 1. The molecule has 2 heteroatoms. The molecule has 76 valence electrons. The average Bonchev–Trinajstić information content (AvgIpc) is 2.11. The summed E-state index contributed by atoms with van der Waals surface area (Å²) in [5.41, 5.74) is -0.847. The van der Waals surface area contributed by atoms with Gasteiger partial charge in [0.1, 0.15) is 0 Å². The molecule has 1 unspecified atom stereocenters. The molecule has 1 rings (SSSR count). The van der Waals surface area contributed by atoms with Crippen molar-refractivity contribution in [2.24, 2.45) is 5.92 Å². The van der Waals surface area contributed by atoms with E-state index in [1.54, 1.807) is 6.08 Å². The van der Waals surface area contributed by atoms with E-state index in [-0.39, 0.29) is 0 Å². The summed E-state index contributed by atoms with van der Waals surface area (Å²) in [4.78, 5) is 0. The van der Waals surface area contributed by atoms with Crippen LogP contribution in [0.4, 0.5) is 0 Å². The van der Waals surface area contributed by atoms with Gasteiger partial charge in [0.15, 0.2) is 0 Å². The third kappa shape index (κ3) is 2.55. The van der Waals surface area contributed by atoms with E-state index < -0.39 is 11.7 Å². The van der Waals surface area contributed by atoms with Gasteiger partial charge in [-0.25, -0.2) is 0 Å². The van der Waals surface area contributed by atoms with Crippen LogP contribution in [0.1, 0.15) is 39.0 Å². The summed E-state index contributed by atoms with van der Waals surface area (Å²) in [6, 6.07) is 0. The minimum atomic E-state index is -0.847. The highest BCUT2D eigenvalue weighted by Crippen LogP contribution is 2.35. The van der Waals surface area contributed by atoms with Crippen LogP contribution in [0, 0.1) is 5.92 Å². The summed E-state index contributed by atoms with van der Waals surface area (Å²) >= 11 is 0. The van der Waals surface area contributed by atoms with Gasteiger partial charge >= 0.3 is 0 Å². The minimum absolute atomic E-state index is 0.491. The van der Waals surface area contributed by atoms with Gasteiger partial charge in [0, 0.05) is 0 Å². The van der Waals surface area contributed by atoms with E-state index in [1.165, 1.54) is 0 Å². The van der Waals surface area contributed by atoms with Crippen molar-refractivity contribution in [3.63, 3.8) is 0 Å². The maximum Gasteiger partial charge on any atom is 0.0908 e. The van der Waals surface area contributed by atoms with Crippen LogP contribution in [0.2, 0.25) is 0 Å². The van der Waals surface area contributed by atoms with Crippen molar-refractivity contribution in [2.45, 2.75) is 50.7 Å². The Morgan fingerprint density at radius 1 is 1.54 bits per heavy atom. The van der Waals surface area contributed by atoms with Crippen LogP contribution >= 0.6 is 0 Å². The molecule has 1 atom stereocenters. The van der Waals surface area contributed by atoms with Gasteiger partial charge in [0.2, 0.25) is 0 Å². The molecule has 1 fully saturated rings. The van der Waals surface area contributed by atoms with Crippen LogP contribution in [-0.2, 0) is 0 Å². The third-order valence-corrected chi connectivity index (χ3v) is 3.15. The Bertz CT molecular complexity index is 169. The van der Waals surface area contributed by atoms with Crippen LogP contribution in [0.15, 0.2) is 12.7 Å². The van der Waals surface area contributed by atoms with Crippen molar-refractivity contribution >= 4 is 0 Å². The molecule has 13 heavy (non-hydrogen) atoms. The van der Waals surface area contributed by atoms with Gasteiger partial charge in [-0.05, 0) is 38.0 Å². The summed E-state index contributed by atoms with van der Waals surface area (Å²) in [5, 5.41) is 19.8. The molecule has 2 nitrogen and oxygen atoms in total. The highest BCUT2D eigenvalue weighted by Gasteiger charge is 2.37. The van der Waals surface area contributed by atoms with Crippen molar-refractivity contribution in [3.8, 4) is 0 Å². The lowest BCUT2D eigenvalue weighted by Crippen LogP contribution is -2.44. The normalized spacial score (nSPS) is 37.0. The zero-order valence-corrected chi connectivity index (χ0v) is 8.37. The van der Waals surface area contributed by atoms with Gasteiger partial charge < -0.3 is 10.2 Å². The molecule has 0 aliphatic heterocycles. The Morgan fingerprint density at radius 3 is 2.54 bits per heavy atom. The minimum Gasteiger partial charge on any atom is -0.390 e. The van der Waals surface area contributed by atoms with E-state index in [2.05, 4.69) is 13.5 Å². The third-order valence-electron chi connectivity index (χ3n) is 3.15.